The van der Waals surface area contributed by atoms with Crippen LogP contribution in [0.4, 0.5) is 19.0 Å². The van der Waals surface area contributed by atoms with E-state index in [4.69, 9.17) is 16.3 Å². The number of anilines is 1. The van der Waals surface area contributed by atoms with Crippen LogP contribution in [0.5, 0.6) is 5.75 Å². The SMILES string of the molecule is CCOc1cccc(C(O)(C(=O)N2CCC(C)(CC3CCN(c4ccc(C(=O)N(C)C)c(Cl)n4)CC3)CC2)C(F)(F)F)c1. The summed E-state index contributed by atoms with van der Waals surface area (Å²) >= 11 is 6.31. The first-order valence-corrected chi connectivity index (χ1v) is 15.0. The van der Waals surface area contributed by atoms with Crippen LogP contribution in [0.2, 0.25) is 5.15 Å². The van der Waals surface area contributed by atoms with Crippen molar-refractivity contribution in [2.24, 2.45) is 11.3 Å². The molecule has 1 aromatic carbocycles. The molecule has 43 heavy (non-hydrogen) atoms. The van der Waals surface area contributed by atoms with Crippen LogP contribution in [-0.4, -0.2) is 84.8 Å². The highest BCUT2D eigenvalue weighted by Gasteiger charge is 2.62. The van der Waals surface area contributed by atoms with Crippen LogP contribution in [0, 0.1) is 11.3 Å². The van der Waals surface area contributed by atoms with Gasteiger partial charge >= 0.3 is 6.18 Å². The van der Waals surface area contributed by atoms with Gasteiger partial charge in [0.05, 0.1) is 12.2 Å². The van der Waals surface area contributed by atoms with Crippen molar-refractivity contribution < 1.29 is 32.6 Å². The zero-order chi connectivity index (χ0) is 31.6. The number of carbonyl (C=O) groups is 2. The number of pyridine rings is 1. The van der Waals surface area contributed by atoms with Gasteiger partial charge in [0, 0.05) is 45.8 Å². The monoisotopic (exact) mass is 624 g/mol. The normalized spacial score (nSPS) is 19.1. The summed E-state index contributed by atoms with van der Waals surface area (Å²) in [6, 6.07) is 8.53. The van der Waals surface area contributed by atoms with Gasteiger partial charge in [-0.25, -0.2) is 4.98 Å². The molecule has 3 heterocycles. The van der Waals surface area contributed by atoms with E-state index in [1.807, 2.05) is 6.07 Å². The molecular weight excluding hydrogens is 585 g/mol. The van der Waals surface area contributed by atoms with E-state index in [-0.39, 0.29) is 41.9 Å². The Morgan fingerprint density at radius 2 is 1.77 bits per heavy atom. The molecule has 1 N–H and O–H groups in total. The van der Waals surface area contributed by atoms with Crippen LogP contribution < -0.4 is 9.64 Å². The molecule has 2 aliphatic heterocycles. The minimum absolute atomic E-state index is 0.134. The van der Waals surface area contributed by atoms with Crippen molar-refractivity contribution in [2.45, 2.75) is 57.7 Å². The van der Waals surface area contributed by atoms with Crippen molar-refractivity contribution >= 4 is 29.2 Å². The first kappa shape index (κ1) is 32.9. The Bertz CT molecular complexity index is 1310. The van der Waals surface area contributed by atoms with Crippen molar-refractivity contribution in [3.05, 3.63) is 52.7 Å². The van der Waals surface area contributed by atoms with E-state index < -0.39 is 23.2 Å². The Morgan fingerprint density at radius 3 is 2.33 bits per heavy atom. The van der Waals surface area contributed by atoms with Gasteiger partial charge in [-0.3, -0.25) is 9.59 Å². The molecule has 12 heteroatoms. The average molecular weight is 625 g/mol. The van der Waals surface area contributed by atoms with Crippen LogP contribution in [0.1, 0.15) is 61.9 Å². The minimum Gasteiger partial charge on any atom is -0.494 e. The molecule has 236 valence electrons. The van der Waals surface area contributed by atoms with Crippen LogP contribution in [0.3, 0.4) is 0 Å². The van der Waals surface area contributed by atoms with Crippen LogP contribution in [0.25, 0.3) is 0 Å². The summed E-state index contributed by atoms with van der Waals surface area (Å²) in [6.45, 7) is 5.89. The number of hydrogen-bond acceptors (Lipinski definition) is 6. The Morgan fingerprint density at radius 1 is 1.12 bits per heavy atom. The zero-order valence-electron chi connectivity index (χ0n) is 25.1. The van der Waals surface area contributed by atoms with E-state index in [1.54, 1.807) is 27.1 Å². The number of amides is 2. The molecule has 2 fully saturated rings. The summed E-state index contributed by atoms with van der Waals surface area (Å²) in [5, 5.41) is 11.1. The lowest BCUT2D eigenvalue weighted by Gasteiger charge is -2.44. The summed E-state index contributed by atoms with van der Waals surface area (Å²) < 4.78 is 48.1. The smallest absolute Gasteiger partial charge is 0.430 e. The summed E-state index contributed by atoms with van der Waals surface area (Å²) in [5.74, 6) is -0.262. The van der Waals surface area contributed by atoms with Crippen molar-refractivity contribution in [2.75, 3.05) is 51.8 Å². The Balaban J connectivity index is 1.35. The van der Waals surface area contributed by atoms with E-state index in [1.165, 1.54) is 17.0 Å². The quantitative estimate of drug-likeness (QED) is 0.389. The Hall–Kier alpha value is -3.05. The van der Waals surface area contributed by atoms with Crippen LogP contribution in [0.15, 0.2) is 36.4 Å². The maximum atomic E-state index is 14.3. The second-order valence-corrected chi connectivity index (χ2v) is 12.5. The molecule has 1 atom stereocenters. The lowest BCUT2D eigenvalue weighted by atomic mass is 9.71. The molecule has 0 aliphatic carbocycles. The van der Waals surface area contributed by atoms with Gasteiger partial charge in [-0.05, 0) is 74.6 Å². The van der Waals surface area contributed by atoms with Gasteiger partial charge in [0.1, 0.15) is 16.7 Å². The average Bonchev–Trinajstić information content (AvgIpc) is 2.96. The summed E-state index contributed by atoms with van der Waals surface area (Å²) in [4.78, 5) is 34.8. The fraction of sp³-hybridized carbons (Fsp3) is 0.581. The van der Waals surface area contributed by atoms with Gasteiger partial charge in [-0.2, -0.15) is 13.2 Å². The number of rotatable bonds is 8. The molecule has 0 radical (unpaired) electrons. The molecule has 2 aromatic rings. The van der Waals surface area contributed by atoms with Crippen LogP contribution in [-0.2, 0) is 10.4 Å². The minimum atomic E-state index is -5.20. The fourth-order valence-electron chi connectivity index (χ4n) is 6.13. The van der Waals surface area contributed by atoms with E-state index in [2.05, 4.69) is 16.8 Å². The lowest BCUT2D eigenvalue weighted by molar-refractivity contribution is -0.262. The Labute approximate surface area is 255 Å². The van der Waals surface area contributed by atoms with Gasteiger partial charge < -0.3 is 24.5 Å². The number of piperidine rings is 2. The summed E-state index contributed by atoms with van der Waals surface area (Å²) in [7, 11) is 3.32. The Kier molecular flexibility index (Phi) is 9.85. The first-order chi connectivity index (χ1) is 20.2. The van der Waals surface area contributed by atoms with E-state index in [0.717, 1.165) is 55.2 Å². The number of carbonyl (C=O) groups excluding carboxylic acids is 2. The standard InChI is InChI=1S/C31H40ClF3N4O4/c1-5-43-23-8-6-7-22(19-23)30(42,31(33,34)35)28(41)39-17-13-29(2,14-18-39)20-21-11-15-38(16-12-21)25-10-9-24(26(32)36-25)27(40)37(3)4/h6-10,19,21,42H,5,11-18,20H2,1-4H3. The maximum Gasteiger partial charge on any atom is 0.430 e. The molecular formula is C31H40ClF3N4O4. The molecule has 2 amide bonds. The molecule has 2 saturated heterocycles. The second-order valence-electron chi connectivity index (χ2n) is 12.1. The van der Waals surface area contributed by atoms with Gasteiger partial charge in [0.2, 0.25) is 0 Å². The number of nitrogens with zero attached hydrogens (tertiary/aromatic N) is 4. The number of benzene rings is 1. The predicted molar refractivity (Wildman–Crippen MR) is 158 cm³/mol. The van der Waals surface area contributed by atoms with Crippen molar-refractivity contribution in [1.29, 1.82) is 0 Å². The number of likely N-dealkylation sites (tertiary alicyclic amines) is 1. The third kappa shape index (κ3) is 7.03. The topological polar surface area (TPSA) is 86.2 Å². The largest absolute Gasteiger partial charge is 0.494 e. The summed E-state index contributed by atoms with van der Waals surface area (Å²) in [6.07, 6.45) is -1.38. The number of aliphatic hydroxyl groups is 1. The lowest BCUT2D eigenvalue weighted by Crippen LogP contribution is -2.57. The van der Waals surface area contributed by atoms with E-state index >= 15 is 0 Å². The number of alkyl halides is 3. The number of halogens is 4. The molecule has 0 saturated carbocycles. The highest BCUT2D eigenvalue weighted by Crippen LogP contribution is 2.45. The molecule has 4 rings (SSSR count). The number of aromatic nitrogens is 1. The van der Waals surface area contributed by atoms with Gasteiger partial charge in [-0.1, -0.05) is 30.7 Å². The zero-order valence-corrected chi connectivity index (χ0v) is 25.8. The highest BCUT2D eigenvalue weighted by molar-refractivity contribution is 6.32. The highest BCUT2D eigenvalue weighted by atomic mass is 35.5. The van der Waals surface area contributed by atoms with E-state index in [9.17, 15) is 27.9 Å². The first-order valence-electron chi connectivity index (χ1n) is 14.6. The molecule has 0 spiro atoms. The fourth-order valence-corrected chi connectivity index (χ4v) is 6.36. The van der Waals surface area contributed by atoms with E-state index in [0.29, 0.717) is 24.3 Å². The van der Waals surface area contributed by atoms with Gasteiger partial charge in [-0.15, -0.1) is 0 Å². The van der Waals surface area contributed by atoms with Crippen molar-refractivity contribution in [3.8, 4) is 5.75 Å². The van der Waals surface area contributed by atoms with Crippen molar-refractivity contribution in [3.63, 3.8) is 0 Å². The number of hydrogen-bond donors (Lipinski definition) is 1. The van der Waals surface area contributed by atoms with Gasteiger partial charge in [0.25, 0.3) is 17.4 Å². The molecule has 1 aromatic heterocycles. The summed E-state index contributed by atoms with van der Waals surface area (Å²) in [5.41, 5.74) is -3.98. The molecule has 1 unspecified atom stereocenters. The third-order valence-corrected chi connectivity index (χ3v) is 9.02. The van der Waals surface area contributed by atoms with Crippen molar-refractivity contribution in [1.82, 2.24) is 14.8 Å². The molecule has 2 aliphatic rings. The third-order valence-electron chi connectivity index (χ3n) is 8.73. The van der Waals surface area contributed by atoms with Gasteiger partial charge in [0.15, 0.2) is 0 Å². The second kappa shape index (κ2) is 12.9. The predicted octanol–water partition coefficient (Wildman–Crippen LogP) is 5.52. The maximum absolute atomic E-state index is 14.3. The molecule has 8 nitrogen and oxygen atoms in total. The van der Waals surface area contributed by atoms with Crippen LogP contribution >= 0.6 is 11.6 Å². The number of ether oxygens (including phenoxy) is 1. The molecule has 0 bridgehead atoms.